The zero-order valence-electron chi connectivity index (χ0n) is 13.0. The molecule has 2 aromatic rings. The van der Waals surface area contributed by atoms with Gasteiger partial charge in [0.05, 0.1) is 0 Å². The molecule has 0 bridgehead atoms. The molecule has 116 valence electrons. The van der Waals surface area contributed by atoms with Gasteiger partial charge in [0.2, 0.25) is 0 Å². The Bertz CT molecular complexity index is 628. The molecule has 0 fully saturated rings. The van der Waals surface area contributed by atoms with E-state index in [0.29, 0.717) is 23.7 Å². The van der Waals surface area contributed by atoms with Gasteiger partial charge in [-0.15, -0.1) is 0 Å². The van der Waals surface area contributed by atoms with Crippen molar-refractivity contribution in [3.63, 3.8) is 0 Å². The summed E-state index contributed by atoms with van der Waals surface area (Å²) in [6.07, 6.45) is 0. The van der Waals surface area contributed by atoms with Crippen molar-refractivity contribution in [1.29, 1.82) is 0 Å². The zero-order valence-corrected chi connectivity index (χ0v) is 13.7. The van der Waals surface area contributed by atoms with Crippen LogP contribution in [0.4, 0.5) is 5.69 Å². The molecule has 0 aromatic heterocycles. The predicted octanol–water partition coefficient (Wildman–Crippen LogP) is 4.22. The number of likely N-dealkylation sites (N-methyl/N-ethyl adjacent to an activating group) is 1. The maximum Gasteiger partial charge on any atom is 0.253 e. The minimum Gasteiger partial charge on any atom is -0.383 e. The van der Waals surface area contributed by atoms with Crippen LogP contribution in [0.3, 0.4) is 0 Å². The van der Waals surface area contributed by atoms with Crippen LogP contribution in [0.15, 0.2) is 48.5 Å². The number of para-hydroxylation sites is 1. The van der Waals surface area contributed by atoms with Crippen LogP contribution in [0.2, 0.25) is 5.02 Å². The van der Waals surface area contributed by atoms with Crippen LogP contribution in [0.5, 0.6) is 0 Å². The molecular weight excluding hydrogens is 296 g/mol. The third-order valence-corrected chi connectivity index (χ3v) is 3.98. The lowest BCUT2D eigenvalue weighted by Crippen LogP contribution is -2.34. The quantitative estimate of drug-likeness (QED) is 0.865. The summed E-state index contributed by atoms with van der Waals surface area (Å²) in [4.78, 5) is 14.4. The van der Waals surface area contributed by atoms with Crippen molar-refractivity contribution in [2.45, 2.75) is 13.8 Å². The molecule has 0 aliphatic rings. The molecule has 4 heteroatoms. The maximum atomic E-state index is 12.5. The Hall–Kier alpha value is -2.00. The first kappa shape index (κ1) is 16.4. The second-order valence-electron chi connectivity index (χ2n) is 5.14. The van der Waals surface area contributed by atoms with Gasteiger partial charge in [0.15, 0.2) is 0 Å². The molecule has 0 aliphatic heterocycles. The largest absolute Gasteiger partial charge is 0.383 e. The third kappa shape index (κ3) is 4.25. The average molecular weight is 317 g/mol. The molecule has 1 N–H and O–H groups in total. The fraction of sp³-hybridized carbons (Fsp3) is 0.278. The summed E-state index contributed by atoms with van der Waals surface area (Å²) in [6, 6.07) is 15.4. The topological polar surface area (TPSA) is 32.3 Å². The lowest BCUT2D eigenvalue weighted by Gasteiger charge is -2.21. The lowest BCUT2D eigenvalue weighted by molar-refractivity contribution is 0.0770. The molecule has 0 unspecified atom stereocenters. The highest BCUT2D eigenvalue weighted by atomic mass is 35.5. The van der Waals surface area contributed by atoms with E-state index in [1.54, 1.807) is 12.1 Å². The van der Waals surface area contributed by atoms with Crippen LogP contribution in [0.1, 0.15) is 22.8 Å². The smallest absolute Gasteiger partial charge is 0.253 e. The first-order chi connectivity index (χ1) is 10.6. The number of halogens is 1. The van der Waals surface area contributed by atoms with E-state index in [1.807, 2.05) is 55.1 Å². The molecule has 0 aliphatic carbocycles. The number of nitrogens with zero attached hydrogens (tertiary/aromatic N) is 1. The number of amides is 1. The second-order valence-corrected chi connectivity index (χ2v) is 5.55. The highest BCUT2D eigenvalue weighted by molar-refractivity contribution is 6.31. The molecule has 0 spiro atoms. The predicted molar refractivity (Wildman–Crippen MR) is 92.7 cm³/mol. The van der Waals surface area contributed by atoms with Gasteiger partial charge in [-0.3, -0.25) is 4.79 Å². The van der Waals surface area contributed by atoms with Gasteiger partial charge in [0.1, 0.15) is 0 Å². The molecule has 0 saturated heterocycles. The number of rotatable bonds is 6. The molecular formula is C18H21ClN2O. The summed E-state index contributed by atoms with van der Waals surface area (Å²) < 4.78 is 0. The van der Waals surface area contributed by atoms with E-state index >= 15 is 0 Å². The third-order valence-electron chi connectivity index (χ3n) is 3.56. The van der Waals surface area contributed by atoms with Crippen molar-refractivity contribution in [3.8, 4) is 0 Å². The monoisotopic (exact) mass is 316 g/mol. The van der Waals surface area contributed by atoms with Crippen molar-refractivity contribution in [2.75, 3.05) is 25.0 Å². The maximum absolute atomic E-state index is 12.5. The van der Waals surface area contributed by atoms with Gasteiger partial charge in [-0.1, -0.05) is 29.8 Å². The Labute approximate surface area is 136 Å². The van der Waals surface area contributed by atoms with E-state index in [-0.39, 0.29) is 5.91 Å². The normalized spacial score (nSPS) is 10.3. The molecule has 22 heavy (non-hydrogen) atoms. The lowest BCUT2D eigenvalue weighted by atomic mass is 10.1. The van der Waals surface area contributed by atoms with Gasteiger partial charge in [-0.2, -0.15) is 0 Å². The van der Waals surface area contributed by atoms with Gasteiger partial charge in [0.25, 0.3) is 5.91 Å². The number of anilines is 1. The molecule has 1 amide bonds. The minimum absolute atomic E-state index is 0.0390. The molecule has 0 heterocycles. The molecule has 0 atom stereocenters. The molecule has 0 radical (unpaired) electrons. The Morgan fingerprint density at radius 1 is 1.18 bits per heavy atom. The van der Waals surface area contributed by atoms with Gasteiger partial charge in [0, 0.05) is 35.9 Å². The fourth-order valence-corrected chi connectivity index (χ4v) is 2.37. The van der Waals surface area contributed by atoms with Crippen molar-refractivity contribution < 1.29 is 4.79 Å². The van der Waals surface area contributed by atoms with E-state index in [2.05, 4.69) is 5.32 Å². The number of benzene rings is 2. The number of nitrogens with one attached hydrogen (secondary N) is 1. The standard InChI is InChI=1S/C18H21ClN2O/c1-3-21(12-11-20-16-7-5-4-6-8-16)18(22)15-9-10-17(19)14(2)13-15/h4-10,13,20H,3,11-12H2,1-2H3. The van der Waals surface area contributed by atoms with E-state index in [9.17, 15) is 4.79 Å². The van der Waals surface area contributed by atoms with Crippen LogP contribution < -0.4 is 5.32 Å². The van der Waals surface area contributed by atoms with Gasteiger partial charge < -0.3 is 10.2 Å². The molecule has 2 rings (SSSR count). The number of hydrogen-bond acceptors (Lipinski definition) is 2. The SMILES string of the molecule is CCN(CCNc1ccccc1)C(=O)c1ccc(Cl)c(C)c1. The Morgan fingerprint density at radius 3 is 2.55 bits per heavy atom. The summed E-state index contributed by atoms with van der Waals surface area (Å²) in [7, 11) is 0. The second kappa shape index (κ2) is 7.85. The van der Waals surface area contributed by atoms with E-state index in [1.165, 1.54) is 0 Å². The number of hydrogen-bond donors (Lipinski definition) is 1. The van der Waals surface area contributed by atoms with E-state index < -0.39 is 0 Å². The van der Waals surface area contributed by atoms with Crippen LogP contribution in [-0.2, 0) is 0 Å². The fourth-order valence-electron chi connectivity index (χ4n) is 2.25. The molecule has 3 nitrogen and oxygen atoms in total. The Morgan fingerprint density at radius 2 is 1.91 bits per heavy atom. The summed E-state index contributed by atoms with van der Waals surface area (Å²) in [5.74, 6) is 0.0390. The Kier molecular flexibility index (Phi) is 5.84. The van der Waals surface area contributed by atoms with Gasteiger partial charge in [-0.25, -0.2) is 0 Å². The van der Waals surface area contributed by atoms with Gasteiger partial charge >= 0.3 is 0 Å². The minimum atomic E-state index is 0.0390. The van der Waals surface area contributed by atoms with E-state index in [4.69, 9.17) is 11.6 Å². The van der Waals surface area contributed by atoms with Crippen molar-refractivity contribution in [2.24, 2.45) is 0 Å². The van der Waals surface area contributed by atoms with Crippen LogP contribution in [-0.4, -0.2) is 30.4 Å². The molecule has 0 saturated carbocycles. The summed E-state index contributed by atoms with van der Waals surface area (Å²) in [5, 5.41) is 4.01. The number of aryl methyl sites for hydroxylation is 1. The van der Waals surface area contributed by atoms with Crippen LogP contribution in [0, 0.1) is 6.92 Å². The van der Waals surface area contributed by atoms with Gasteiger partial charge in [-0.05, 0) is 49.7 Å². The van der Waals surface area contributed by atoms with Crippen LogP contribution in [0.25, 0.3) is 0 Å². The van der Waals surface area contributed by atoms with Crippen molar-refractivity contribution in [3.05, 3.63) is 64.7 Å². The van der Waals surface area contributed by atoms with E-state index in [0.717, 1.165) is 17.8 Å². The van der Waals surface area contributed by atoms with Crippen LogP contribution >= 0.6 is 11.6 Å². The van der Waals surface area contributed by atoms with Crippen molar-refractivity contribution in [1.82, 2.24) is 4.90 Å². The first-order valence-electron chi connectivity index (χ1n) is 7.46. The number of carbonyl (C=O) groups excluding carboxylic acids is 1. The highest BCUT2D eigenvalue weighted by Gasteiger charge is 2.14. The average Bonchev–Trinajstić information content (AvgIpc) is 2.54. The summed E-state index contributed by atoms with van der Waals surface area (Å²) in [6.45, 7) is 5.95. The highest BCUT2D eigenvalue weighted by Crippen LogP contribution is 2.17. The number of carbonyl (C=O) groups is 1. The van der Waals surface area contributed by atoms with Crippen molar-refractivity contribution >= 4 is 23.2 Å². The Balaban J connectivity index is 1.95. The first-order valence-corrected chi connectivity index (χ1v) is 7.84. The summed E-state index contributed by atoms with van der Waals surface area (Å²) >= 11 is 6.02. The summed E-state index contributed by atoms with van der Waals surface area (Å²) in [5.41, 5.74) is 2.67. The molecule has 2 aromatic carbocycles. The zero-order chi connectivity index (χ0) is 15.9.